The van der Waals surface area contributed by atoms with Crippen LogP contribution in [-0.4, -0.2) is 37.3 Å². The molecule has 1 amide bonds. The van der Waals surface area contributed by atoms with Crippen molar-refractivity contribution in [3.8, 4) is 0 Å². The van der Waals surface area contributed by atoms with E-state index < -0.39 is 9.84 Å². The first kappa shape index (κ1) is 16.4. The summed E-state index contributed by atoms with van der Waals surface area (Å²) in [5.41, 5.74) is 3.86. The third-order valence-corrected chi connectivity index (χ3v) is 6.88. The van der Waals surface area contributed by atoms with E-state index in [1.807, 2.05) is 0 Å². The van der Waals surface area contributed by atoms with Crippen LogP contribution >= 0.6 is 11.8 Å². The van der Waals surface area contributed by atoms with Crippen molar-refractivity contribution >= 4 is 33.2 Å². The normalized spacial score (nSPS) is 24.4. The molecule has 0 aliphatic carbocycles. The number of carbonyl (C=O) groups is 1. The van der Waals surface area contributed by atoms with Crippen LogP contribution < -0.4 is 5.43 Å². The molecule has 2 aliphatic rings. The first-order valence-electron chi connectivity index (χ1n) is 7.41. The molecule has 3 rings (SSSR count). The number of amides is 1. The van der Waals surface area contributed by atoms with Gasteiger partial charge in [0.05, 0.1) is 17.2 Å². The Morgan fingerprint density at radius 2 is 2.26 bits per heavy atom. The van der Waals surface area contributed by atoms with E-state index in [0.29, 0.717) is 24.1 Å². The lowest BCUT2D eigenvalue weighted by atomic mass is 10.1. The molecule has 1 saturated heterocycles. The number of hydrazone groups is 1. The van der Waals surface area contributed by atoms with Crippen LogP contribution in [0.3, 0.4) is 0 Å². The third-order valence-electron chi connectivity index (χ3n) is 3.97. The highest BCUT2D eigenvalue weighted by atomic mass is 32.2. The van der Waals surface area contributed by atoms with Crippen molar-refractivity contribution in [3.63, 3.8) is 0 Å². The minimum atomic E-state index is -2.98. The van der Waals surface area contributed by atoms with E-state index >= 15 is 0 Å². The zero-order chi connectivity index (χ0) is 16.4. The minimum Gasteiger partial charge on any atom is -0.273 e. The van der Waals surface area contributed by atoms with Crippen molar-refractivity contribution in [2.45, 2.75) is 24.2 Å². The number of rotatable bonds is 3. The summed E-state index contributed by atoms with van der Waals surface area (Å²) in [6.07, 6.45) is 1.33. The quantitative estimate of drug-likeness (QED) is 0.840. The van der Waals surface area contributed by atoms with Crippen molar-refractivity contribution in [3.05, 3.63) is 29.6 Å². The molecule has 124 valence electrons. The molecule has 1 N–H and O–H groups in total. The fourth-order valence-electron chi connectivity index (χ4n) is 2.83. The SMILES string of the molecule is O=C(C[C@@H]1CCS(=O)(=O)C1)NN=C1CCSc2ccc(F)cc21. The number of sulfone groups is 1. The molecule has 0 aromatic heterocycles. The maximum Gasteiger partial charge on any atom is 0.240 e. The van der Waals surface area contributed by atoms with Crippen molar-refractivity contribution in [1.82, 2.24) is 5.43 Å². The van der Waals surface area contributed by atoms with Crippen LogP contribution in [0.5, 0.6) is 0 Å². The van der Waals surface area contributed by atoms with E-state index in [2.05, 4.69) is 10.5 Å². The van der Waals surface area contributed by atoms with Crippen molar-refractivity contribution in [1.29, 1.82) is 0 Å². The molecule has 2 heterocycles. The molecule has 1 aromatic rings. The summed E-state index contributed by atoms with van der Waals surface area (Å²) in [5, 5.41) is 4.13. The number of benzene rings is 1. The predicted molar refractivity (Wildman–Crippen MR) is 87.8 cm³/mol. The molecule has 0 spiro atoms. The van der Waals surface area contributed by atoms with Gasteiger partial charge in [0, 0.05) is 29.1 Å². The molecule has 5 nitrogen and oxygen atoms in total. The van der Waals surface area contributed by atoms with E-state index in [4.69, 9.17) is 0 Å². The highest BCUT2D eigenvalue weighted by Gasteiger charge is 2.29. The summed E-state index contributed by atoms with van der Waals surface area (Å²) in [6.45, 7) is 0. The van der Waals surface area contributed by atoms with Gasteiger partial charge in [-0.2, -0.15) is 5.10 Å². The molecule has 2 aliphatic heterocycles. The number of fused-ring (bicyclic) bond motifs is 1. The Balaban J connectivity index is 1.65. The maximum absolute atomic E-state index is 13.4. The van der Waals surface area contributed by atoms with Gasteiger partial charge in [0.25, 0.3) is 0 Å². The standard InChI is InChI=1S/C15H17FN2O3S2/c16-11-1-2-14-12(8-11)13(3-5-22-14)17-18-15(19)7-10-4-6-23(20,21)9-10/h1-2,8,10H,3-7,9H2,(H,18,19)/t10-/m0/s1. The highest BCUT2D eigenvalue weighted by molar-refractivity contribution is 7.99. The second-order valence-corrected chi connectivity index (χ2v) is 9.17. The smallest absolute Gasteiger partial charge is 0.240 e. The molecule has 0 saturated carbocycles. The van der Waals surface area contributed by atoms with E-state index in [1.165, 1.54) is 12.1 Å². The monoisotopic (exact) mass is 356 g/mol. The molecule has 0 bridgehead atoms. The van der Waals surface area contributed by atoms with Gasteiger partial charge in [0.1, 0.15) is 5.82 Å². The van der Waals surface area contributed by atoms with Crippen LogP contribution in [0, 0.1) is 11.7 Å². The number of thioether (sulfide) groups is 1. The Hall–Kier alpha value is -1.41. The molecule has 1 atom stereocenters. The second-order valence-electron chi connectivity index (χ2n) is 5.81. The topological polar surface area (TPSA) is 75.6 Å². The summed E-state index contributed by atoms with van der Waals surface area (Å²) >= 11 is 1.63. The molecule has 1 fully saturated rings. The number of hydrogen-bond donors (Lipinski definition) is 1. The molecule has 8 heteroatoms. The minimum absolute atomic E-state index is 0.0711. The van der Waals surface area contributed by atoms with Gasteiger partial charge in [0.15, 0.2) is 9.84 Å². The molecular weight excluding hydrogens is 339 g/mol. The fourth-order valence-corrected chi connectivity index (χ4v) is 5.71. The van der Waals surface area contributed by atoms with E-state index in [9.17, 15) is 17.6 Å². The molecule has 0 unspecified atom stereocenters. The summed E-state index contributed by atoms with van der Waals surface area (Å²) < 4.78 is 36.2. The van der Waals surface area contributed by atoms with Gasteiger partial charge < -0.3 is 0 Å². The van der Waals surface area contributed by atoms with Crippen LogP contribution in [0.4, 0.5) is 4.39 Å². The van der Waals surface area contributed by atoms with Crippen molar-refractivity contribution < 1.29 is 17.6 Å². The number of hydrogen-bond acceptors (Lipinski definition) is 5. The number of halogens is 1. The van der Waals surface area contributed by atoms with E-state index in [0.717, 1.165) is 10.6 Å². The Bertz CT molecular complexity index is 762. The molecule has 1 aromatic carbocycles. The zero-order valence-corrected chi connectivity index (χ0v) is 14.1. The van der Waals surface area contributed by atoms with Crippen LogP contribution in [0.25, 0.3) is 0 Å². The number of carbonyl (C=O) groups excluding carboxylic acids is 1. The lowest BCUT2D eigenvalue weighted by Gasteiger charge is -2.17. The van der Waals surface area contributed by atoms with Crippen LogP contribution in [0.2, 0.25) is 0 Å². The van der Waals surface area contributed by atoms with Crippen LogP contribution in [0.15, 0.2) is 28.2 Å². The average Bonchev–Trinajstić information content (AvgIpc) is 2.84. The largest absolute Gasteiger partial charge is 0.273 e. The second kappa shape index (κ2) is 6.60. The highest BCUT2D eigenvalue weighted by Crippen LogP contribution is 2.30. The Kier molecular flexibility index (Phi) is 4.72. The van der Waals surface area contributed by atoms with E-state index in [-0.39, 0.29) is 35.6 Å². The van der Waals surface area contributed by atoms with E-state index in [1.54, 1.807) is 17.8 Å². The summed E-state index contributed by atoms with van der Waals surface area (Å²) in [7, 11) is -2.98. The third kappa shape index (κ3) is 4.11. The summed E-state index contributed by atoms with van der Waals surface area (Å²) in [6, 6.07) is 4.55. The zero-order valence-electron chi connectivity index (χ0n) is 12.4. The lowest BCUT2D eigenvalue weighted by molar-refractivity contribution is -0.121. The van der Waals surface area contributed by atoms with Crippen molar-refractivity contribution in [2.75, 3.05) is 17.3 Å². The van der Waals surface area contributed by atoms with Gasteiger partial charge in [-0.3, -0.25) is 4.79 Å². The maximum atomic E-state index is 13.4. The van der Waals surface area contributed by atoms with Crippen LogP contribution in [0.1, 0.15) is 24.8 Å². The molecule has 23 heavy (non-hydrogen) atoms. The van der Waals surface area contributed by atoms with Crippen molar-refractivity contribution in [2.24, 2.45) is 11.0 Å². The Morgan fingerprint density at radius 1 is 1.43 bits per heavy atom. The Labute approximate surface area is 138 Å². The van der Waals surface area contributed by atoms with Gasteiger partial charge in [-0.1, -0.05) is 0 Å². The summed E-state index contributed by atoms with van der Waals surface area (Å²) in [4.78, 5) is 12.9. The Morgan fingerprint density at radius 3 is 3.00 bits per heavy atom. The van der Waals surface area contributed by atoms with Gasteiger partial charge >= 0.3 is 0 Å². The van der Waals surface area contributed by atoms with Gasteiger partial charge in [-0.25, -0.2) is 18.2 Å². The summed E-state index contributed by atoms with van der Waals surface area (Å²) in [5.74, 6) is 0.295. The molecule has 0 radical (unpaired) electrons. The number of nitrogens with zero attached hydrogens (tertiary/aromatic N) is 1. The van der Waals surface area contributed by atoms with Gasteiger partial charge in [-0.15, -0.1) is 11.8 Å². The fraction of sp³-hybridized carbons (Fsp3) is 0.467. The number of nitrogens with one attached hydrogen (secondary N) is 1. The molecular formula is C15H17FN2O3S2. The van der Waals surface area contributed by atoms with Gasteiger partial charge in [-0.05, 0) is 30.5 Å². The van der Waals surface area contributed by atoms with Crippen LogP contribution in [-0.2, 0) is 14.6 Å². The average molecular weight is 356 g/mol. The first-order chi connectivity index (χ1) is 10.9. The lowest BCUT2D eigenvalue weighted by Crippen LogP contribution is -2.24. The first-order valence-corrected chi connectivity index (χ1v) is 10.2. The predicted octanol–water partition coefficient (Wildman–Crippen LogP) is 1.97. The van der Waals surface area contributed by atoms with Gasteiger partial charge in [0.2, 0.25) is 5.91 Å².